The number of benzene rings is 2. The Morgan fingerprint density at radius 1 is 1.17 bits per heavy atom. The number of hydrogen-bond acceptors (Lipinski definition) is 4. The van der Waals surface area contributed by atoms with Gasteiger partial charge in [0.2, 0.25) is 11.8 Å². The molecule has 0 bridgehead atoms. The van der Waals surface area contributed by atoms with Crippen molar-refractivity contribution in [2.45, 2.75) is 25.9 Å². The molecular weight excluding hydrogens is 366 g/mol. The lowest BCUT2D eigenvalue weighted by atomic mass is 10.1. The van der Waals surface area contributed by atoms with E-state index in [1.807, 2.05) is 61.5 Å². The molecule has 2 heterocycles. The van der Waals surface area contributed by atoms with Gasteiger partial charge in [-0.2, -0.15) is 5.10 Å². The van der Waals surface area contributed by atoms with E-state index in [1.165, 1.54) is 6.33 Å². The first kappa shape index (κ1) is 18.9. The van der Waals surface area contributed by atoms with Crippen molar-refractivity contribution in [3.63, 3.8) is 0 Å². The van der Waals surface area contributed by atoms with E-state index < -0.39 is 0 Å². The third-order valence-electron chi connectivity index (χ3n) is 5.37. The van der Waals surface area contributed by atoms with Crippen LogP contribution in [0.2, 0.25) is 0 Å². The molecule has 0 aliphatic carbocycles. The average molecular weight is 389 g/mol. The lowest BCUT2D eigenvalue weighted by Crippen LogP contribution is -2.33. The summed E-state index contributed by atoms with van der Waals surface area (Å²) in [6, 6.07) is 17.6. The smallest absolute Gasteiger partial charge is 0.225 e. The van der Waals surface area contributed by atoms with Gasteiger partial charge in [0, 0.05) is 19.5 Å². The second-order valence-corrected chi connectivity index (χ2v) is 7.26. The summed E-state index contributed by atoms with van der Waals surface area (Å²) in [5.41, 5.74) is 2.97. The number of aromatic nitrogens is 3. The second-order valence-electron chi connectivity index (χ2n) is 7.26. The van der Waals surface area contributed by atoms with Crippen molar-refractivity contribution in [1.29, 1.82) is 0 Å². The molecule has 7 heteroatoms. The minimum absolute atomic E-state index is 0.0266. The third-order valence-corrected chi connectivity index (χ3v) is 5.37. The minimum Gasteiger partial charge on any atom is -0.352 e. The molecule has 2 unspecified atom stereocenters. The normalized spacial score (nSPS) is 17.3. The van der Waals surface area contributed by atoms with Crippen molar-refractivity contribution in [2.75, 3.05) is 6.54 Å². The number of rotatable bonds is 6. The quantitative estimate of drug-likeness (QED) is 0.702. The molecule has 7 nitrogen and oxygen atoms in total. The zero-order valence-electron chi connectivity index (χ0n) is 16.2. The van der Waals surface area contributed by atoms with Gasteiger partial charge in [-0.15, -0.1) is 0 Å². The van der Waals surface area contributed by atoms with Crippen LogP contribution in [-0.2, 0) is 16.1 Å². The topological polar surface area (TPSA) is 80.1 Å². The van der Waals surface area contributed by atoms with Crippen molar-refractivity contribution < 1.29 is 9.59 Å². The fourth-order valence-electron chi connectivity index (χ4n) is 3.63. The standard InChI is InChI=1S/C22H23N5O2/c1-16(18-5-3-2-4-6-18)26-13-19(11-21(26)28)22(29)24-12-17-7-9-20(10-8-17)27-15-23-14-25-27/h2-10,14-16,19H,11-13H2,1H3,(H,24,29). The van der Waals surface area contributed by atoms with Crippen molar-refractivity contribution in [3.8, 4) is 5.69 Å². The van der Waals surface area contributed by atoms with Gasteiger partial charge in [0.25, 0.3) is 0 Å². The molecular formula is C22H23N5O2. The first-order valence-corrected chi connectivity index (χ1v) is 9.68. The van der Waals surface area contributed by atoms with Crippen molar-refractivity contribution >= 4 is 11.8 Å². The number of nitrogens with zero attached hydrogens (tertiary/aromatic N) is 4. The summed E-state index contributed by atoms with van der Waals surface area (Å²) in [5.74, 6) is -0.372. The lowest BCUT2D eigenvalue weighted by Gasteiger charge is -2.25. The molecule has 0 radical (unpaired) electrons. The molecule has 0 spiro atoms. The minimum atomic E-state index is -0.317. The number of carbonyl (C=O) groups is 2. The SMILES string of the molecule is CC(c1ccccc1)N1CC(C(=O)NCc2ccc(-n3cncn3)cc2)CC1=O. The molecule has 2 atom stereocenters. The van der Waals surface area contributed by atoms with Crippen LogP contribution in [0.5, 0.6) is 0 Å². The Hall–Kier alpha value is -3.48. The van der Waals surface area contributed by atoms with Gasteiger partial charge in [0.05, 0.1) is 17.6 Å². The van der Waals surface area contributed by atoms with Gasteiger partial charge in [-0.1, -0.05) is 42.5 Å². The second kappa shape index (κ2) is 8.26. The molecule has 2 aromatic carbocycles. The summed E-state index contributed by atoms with van der Waals surface area (Å²) in [5, 5.41) is 7.05. The van der Waals surface area contributed by atoms with Crippen LogP contribution in [0.4, 0.5) is 0 Å². The first-order chi connectivity index (χ1) is 14.1. The Balaban J connectivity index is 1.33. The largest absolute Gasteiger partial charge is 0.352 e. The fourth-order valence-corrected chi connectivity index (χ4v) is 3.63. The first-order valence-electron chi connectivity index (χ1n) is 9.68. The van der Waals surface area contributed by atoms with E-state index in [4.69, 9.17) is 0 Å². The van der Waals surface area contributed by atoms with E-state index >= 15 is 0 Å². The van der Waals surface area contributed by atoms with E-state index in [-0.39, 0.29) is 30.2 Å². The van der Waals surface area contributed by atoms with E-state index in [0.29, 0.717) is 13.1 Å². The van der Waals surface area contributed by atoms with E-state index in [1.54, 1.807) is 15.9 Å². The number of carbonyl (C=O) groups excluding carboxylic acids is 2. The van der Waals surface area contributed by atoms with E-state index in [2.05, 4.69) is 15.4 Å². The van der Waals surface area contributed by atoms with Gasteiger partial charge in [-0.3, -0.25) is 9.59 Å². The highest BCUT2D eigenvalue weighted by Gasteiger charge is 2.36. The molecule has 4 rings (SSSR count). The van der Waals surface area contributed by atoms with Gasteiger partial charge in [-0.05, 0) is 30.2 Å². The molecule has 1 fully saturated rings. The maximum absolute atomic E-state index is 12.6. The van der Waals surface area contributed by atoms with Gasteiger partial charge in [0.1, 0.15) is 12.7 Å². The van der Waals surface area contributed by atoms with Crippen molar-refractivity contribution in [1.82, 2.24) is 25.0 Å². The molecule has 2 amide bonds. The van der Waals surface area contributed by atoms with Crippen LogP contribution in [-0.4, -0.2) is 38.0 Å². The van der Waals surface area contributed by atoms with Gasteiger partial charge in [-0.25, -0.2) is 9.67 Å². The summed E-state index contributed by atoms with van der Waals surface area (Å²) >= 11 is 0. The highest BCUT2D eigenvalue weighted by atomic mass is 16.2. The molecule has 148 valence electrons. The highest BCUT2D eigenvalue weighted by molar-refractivity contribution is 5.89. The number of nitrogens with one attached hydrogen (secondary N) is 1. The Labute approximate surface area is 169 Å². The monoisotopic (exact) mass is 389 g/mol. The predicted molar refractivity (Wildman–Crippen MR) is 108 cm³/mol. The highest BCUT2D eigenvalue weighted by Crippen LogP contribution is 2.28. The van der Waals surface area contributed by atoms with Crippen LogP contribution >= 0.6 is 0 Å². The summed E-state index contributed by atoms with van der Waals surface area (Å²) in [6.45, 7) is 2.88. The Morgan fingerprint density at radius 3 is 2.62 bits per heavy atom. The van der Waals surface area contributed by atoms with Gasteiger partial charge >= 0.3 is 0 Å². The Morgan fingerprint density at radius 2 is 1.93 bits per heavy atom. The van der Waals surface area contributed by atoms with E-state index in [0.717, 1.165) is 16.8 Å². The molecule has 1 aromatic heterocycles. The van der Waals surface area contributed by atoms with Crippen LogP contribution < -0.4 is 5.32 Å². The Bertz CT molecular complexity index is 970. The van der Waals surface area contributed by atoms with Crippen LogP contribution in [0.25, 0.3) is 5.69 Å². The summed E-state index contributed by atoms with van der Waals surface area (Å²) < 4.78 is 1.68. The van der Waals surface area contributed by atoms with Crippen molar-refractivity contribution in [3.05, 3.63) is 78.4 Å². The number of amides is 2. The van der Waals surface area contributed by atoms with Crippen LogP contribution in [0, 0.1) is 5.92 Å². The summed E-state index contributed by atoms with van der Waals surface area (Å²) in [4.78, 5) is 30.8. The van der Waals surface area contributed by atoms with Crippen LogP contribution in [0.1, 0.15) is 30.5 Å². The Kier molecular flexibility index (Phi) is 5.37. The van der Waals surface area contributed by atoms with Gasteiger partial charge in [0.15, 0.2) is 0 Å². The maximum atomic E-state index is 12.6. The summed E-state index contributed by atoms with van der Waals surface area (Å²) in [7, 11) is 0. The number of hydrogen-bond donors (Lipinski definition) is 1. The lowest BCUT2D eigenvalue weighted by molar-refractivity contribution is -0.130. The molecule has 1 aliphatic rings. The van der Waals surface area contributed by atoms with Gasteiger partial charge < -0.3 is 10.2 Å². The third kappa shape index (κ3) is 4.18. The predicted octanol–water partition coefficient (Wildman–Crippen LogP) is 2.49. The maximum Gasteiger partial charge on any atom is 0.225 e. The zero-order valence-corrected chi connectivity index (χ0v) is 16.2. The summed E-state index contributed by atoms with van der Waals surface area (Å²) in [6.07, 6.45) is 3.38. The fraction of sp³-hybridized carbons (Fsp3) is 0.273. The van der Waals surface area contributed by atoms with Crippen LogP contribution in [0.15, 0.2) is 67.3 Å². The molecule has 1 aliphatic heterocycles. The molecule has 1 N–H and O–H groups in total. The van der Waals surface area contributed by atoms with E-state index in [9.17, 15) is 9.59 Å². The molecule has 1 saturated heterocycles. The zero-order chi connectivity index (χ0) is 20.2. The molecule has 3 aromatic rings. The van der Waals surface area contributed by atoms with Crippen LogP contribution in [0.3, 0.4) is 0 Å². The average Bonchev–Trinajstić information content (AvgIpc) is 3.43. The van der Waals surface area contributed by atoms with Crippen molar-refractivity contribution in [2.24, 2.45) is 5.92 Å². The molecule has 29 heavy (non-hydrogen) atoms. The molecule has 0 saturated carbocycles. The number of likely N-dealkylation sites (tertiary alicyclic amines) is 1.